The molecule has 1 aromatic carbocycles. The Balaban J connectivity index is 2.02. The monoisotopic (exact) mass is 330 g/mol. The lowest BCUT2D eigenvalue weighted by molar-refractivity contribution is 0.351. The van der Waals surface area contributed by atoms with Gasteiger partial charge in [-0.05, 0) is 61.5 Å². The van der Waals surface area contributed by atoms with E-state index in [1.807, 2.05) is 12.1 Å². The predicted molar refractivity (Wildman–Crippen MR) is 99.9 cm³/mol. The van der Waals surface area contributed by atoms with Crippen molar-refractivity contribution in [2.45, 2.75) is 102 Å². The molecule has 0 unspecified atom stereocenters. The van der Waals surface area contributed by atoms with Crippen molar-refractivity contribution in [2.24, 2.45) is 0 Å². The van der Waals surface area contributed by atoms with Gasteiger partial charge in [0, 0.05) is 11.1 Å². The largest absolute Gasteiger partial charge is 0.508 e. The normalized spacial score (nSPS) is 22.1. The third kappa shape index (κ3) is 2.93. The molecule has 2 fully saturated rings. The maximum absolute atomic E-state index is 10.9. The topological polar surface area (TPSA) is 40.5 Å². The Morgan fingerprint density at radius 3 is 1.33 bits per heavy atom. The molecule has 0 aromatic heterocycles. The zero-order valence-corrected chi connectivity index (χ0v) is 15.5. The van der Waals surface area contributed by atoms with Gasteiger partial charge in [-0.25, -0.2) is 0 Å². The lowest BCUT2D eigenvalue weighted by Gasteiger charge is -2.34. The fourth-order valence-electron chi connectivity index (χ4n) is 5.80. The first-order valence-corrected chi connectivity index (χ1v) is 10.1. The third-order valence-corrected chi connectivity index (χ3v) is 6.84. The van der Waals surface area contributed by atoms with Crippen LogP contribution in [0.1, 0.15) is 102 Å². The maximum atomic E-state index is 10.9. The summed E-state index contributed by atoms with van der Waals surface area (Å²) in [5, 5.41) is 21.8. The Morgan fingerprint density at radius 2 is 1.04 bits per heavy atom. The average Bonchev–Trinajstić information content (AvgIpc) is 3.21. The van der Waals surface area contributed by atoms with E-state index in [1.54, 1.807) is 0 Å². The highest BCUT2D eigenvalue weighted by molar-refractivity contribution is 5.52. The molecule has 2 aliphatic rings. The average molecular weight is 331 g/mol. The highest BCUT2D eigenvalue weighted by Gasteiger charge is 2.40. The van der Waals surface area contributed by atoms with Crippen LogP contribution in [0.5, 0.6) is 11.5 Å². The SMILES string of the molecule is CCCC1(c2cc(O)c(C3(CCC)CCCC3)cc2O)CCCC1. The Morgan fingerprint density at radius 1 is 0.708 bits per heavy atom. The number of hydrogen-bond donors (Lipinski definition) is 2. The lowest BCUT2D eigenvalue weighted by Crippen LogP contribution is -2.24. The molecular formula is C22H34O2. The van der Waals surface area contributed by atoms with Gasteiger partial charge >= 0.3 is 0 Å². The Hall–Kier alpha value is -1.18. The molecule has 2 N–H and O–H groups in total. The molecule has 0 radical (unpaired) electrons. The summed E-state index contributed by atoms with van der Waals surface area (Å²) in [6.07, 6.45) is 14.0. The van der Waals surface area contributed by atoms with Crippen LogP contribution in [0.2, 0.25) is 0 Å². The van der Waals surface area contributed by atoms with E-state index in [0.717, 1.165) is 62.5 Å². The van der Waals surface area contributed by atoms with E-state index in [0.29, 0.717) is 11.5 Å². The van der Waals surface area contributed by atoms with Crippen molar-refractivity contribution in [3.8, 4) is 11.5 Å². The number of phenols is 2. The molecule has 3 rings (SSSR count). The number of rotatable bonds is 6. The van der Waals surface area contributed by atoms with Gasteiger partial charge in [0.1, 0.15) is 11.5 Å². The van der Waals surface area contributed by atoms with Crippen molar-refractivity contribution in [1.82, 2.24) is 0 Å². The van der Waals surface area contributed by atoms with Gasteiger partial charge < -0.3 is 10.2 Å². The molecule has 2 aliphatic carbocycles. The van der Waals surface area contributed by atoms with E-state index in [9.17, 15) is 10.2 Å². The summed E-state index contributed by atoms with van der Waals surface area (Å²) in [5.41, 5.74) is 2.19. The van der Waals surface area contributed by atoms with Gasteiger partial charge in [-0.3, -0.25) is 0 Å². The van der Waals surface area contributed by atoms with Gasteiger partial charge in [-0.15, -0.1) is 0 Å². The highest BCUT2D eigenvalue weighted by atomic mass is 16.3. The van der Waals surface area contributed by atoms with Gasteiger partial charge in [0.2, 0.25) is 0 Å². The molecule has 2 nitrogen and oxygen atoms in total. The number of benzene rings is 1. The minimum atomic E-state index is 0.0858. The molecule has 0 spiro atoms. The van der Waals surface area contributed by atoms with Crippen molar-refractivity contribution in [3.05, 3.63) is 23.3 Å². The summed E-state index contributed by atoms with van der Waals surface area (Å²) in [7, 11) is 0. The molecule has 2 heteroatoms. The van der Waals surface area contributed by atoms with Crippen LogP contribution in [0.25, 0.3) is 0 Å². The highest BCUT2D eigenvalue weighted by Crippen LogP contribution is 2.53. The van der Waals surface area contributed by atoms with Crippen LogP contribution >= 0.6 is 0 Å². The van der Waals surface area contributed by atoms with Crippen molar-refractivity contribution in [3.63, 3.8) is 0 Å². The first kappa shape index (κ1) is 17.6. The Bertz CT molecular complexity index is 512. The fraction of sp³-hybridized carbons (Fsp3) is 0.727. The quantitative estimate of drug-likeness (QED) is 0.599. The molecular weight excluding hydrogens is 296 g/mol. The van der Waals surface area contributed by atoms with E-state index in [-0.39, 0.29) is 10.8 Å². The molecule has 1 aromatic rings. The van der Waals surface area contributed by atoms with Crippen LogP contribution in [0.3, 0.4) is 0 Å². The molecule has 134 valence electrons. The summed E-state index contributed by atoms with van der Waals surface area (Å²) in [4.78, 5) is 0. The summed E-state index contributed by atoms with van der Waals surface area (Å²) < 4.78 is 0. The van der Waals surface area contributed by atoms with Gasteiger partial charge in [-0.2, -0.15) is 0 Å². The summed E-state index contributed by atoms with van der Waals surface area (Å²) >= 11 is 0. The van der Waals surface area contributed by atoms with Crippen molar-refractivity contribution in [1.29, 1.82) is 0 Å². The number of phenolic OH excluding ortho intramolecular Hbond substituents is 2. The molecule has 0 atom stereocenters. The summed E-state index contributed by atoms with van der Waals surface area (Å²) in [6, 6.07) is 3.86. The Labute approximate surface area is 147 Å². The standard InChI is InChI=1S/C22H34O2/c1-3-9-21(11-5-6-12-21)17-15-20(24)18(16-19(17)23)22(10-4-2)13-7-8-14-22/h15-16,23-24H,3-14H2,1-2H3. The van der Waals surface area contributed by atoms with E-state index >= 15 is 0 Å². The van der Waals surface area contributed by atoms with E-state index in [4.69, 9.17) is 0 Å². The molecule has 2 saturated carbocycles. The van der Waals surface area contributed by atoms with Gasteiger partial charge in [0.05, 0.1) is 0 Å². The maximum Gasteiger partial charge on any atom is 0.119 e. The number of aromatic hydroxyl groups is 2. The second-order valence-electron chi connectivity index (χ2n) is 8.36. The minimum absolute atomic E-state index is 0.0858. The van der Waals surface area contributed by atoms with Gasteiger partial charge in [-0.1, -0.05) is 52.4 Å². The molecule has 0 saturated heterocycles. The second kappa shape index (κ2) is 6.98. The second-order valence-corrected chi connectivity index (χ2v) is 8.36. The molecule has 0 amide bonds. The van der Waals surface area contributed by atoms with E-state index in [1.165, 1.54) is 25.7 Å². The van der Waals surface area contributed by atoms with E-state index in [2.05, 4.69) is 13.8 Å². The predicted octanol–water partition coefficient (Wildman–Crippen LogP) is 6.32. The molecule has 0 heterocycles. The molecule has 24 heavy (non-hydrogen) atoms. The fourth-order valence-corrected chi connectivity index (χ4v) is 5.80. The first-order valence-electron chi connectivity index (χ1n) is 10.1. The van der Waals surface area contributed by atoms with Gasteiger partial charge in [0.25, 0.3) is 0 Å². The smallest absolute Gasteiger partial charge is 0.119 e. The Kier molecular flexibility index (Phi) is 5.13. The van der Waals surface area contributed by atoms with E-state index < -0.39 is 0 Å². The van der Waals surface area contributed by atoms with Crippen molar-refractivity contribution in [2.75, 3.05) is 0 Å². The van der Waals surface area contributed by atoms with Crippen molar-refractivity contribution >= 4 is 0 Å². The summed E-state index contributed by atoms with van der Waals surface area (Å²) in [6.45, 7) is 4.44. The van der Waals surface area contributed by atoms with Crippen LogP contribution in [0.15, 0.2) is 12.1 Å². The van der Waals surface area contributed by atoms with Crippen LogP contribution in [0, 0.1) is 0 Å². The lowest BCUT2D eigenvalue weighted by atomic mass is 9.71. The zero-order chi connectivity index (χ0) is 17.2. The van der Waals surface area contributed by atoms with Gasteiger partial charge in [0.15, 0.2) is 0 Å². The van der Waals surface area contributed by atoms with Crippen molar-refractivity contribution < 1.29 is 10.2 Å². The molecule has 0 bridgehead atoms. The summed E-state index contributed by atoms with van der Waals surface area (Å²) in [5.74, 6) is 0.862. The molecule has 0 aliphatic heterocycles. The van der Waals surface area contributed by atoms with Crippen LogP contribution in [-0.2, 0) is 10.8 Å². The number of hydrogen-bond acceptors (Lipinski definition) is 2. The zero-order valence-electron chi connectivity index (χ0n) is 15.5. The van der Waals surface area contributed by atoms with Crippen LogP contribution in [-0.4, -0.2) is 10.2 Å². The first-order chi connectivity index (χ1) is 11.6. The van der Waals surface area contributed by atoms with Crippen LogP contribution in [0.4, 0.5) is 0 Å². The van der Waals surface area contributed by atoms with Crippen LogP contribution < -0.4 is 0 Å². The minimum Gasteiger partial charge on any atom is -0.508 e. The third-order valence-electron chi connectivity index (χ3n) is 6.84.